The molecule has 2 aromatic carbocycles. The molecule has 0 aliphatic carbocycles. The zero-order valence-corrected chi connectivity index (χ0v) is 15.4. The zero-order chi connectivity index (χ0) is 19.5. The Labute approximate surface area is 161 Å². The Morgan fingerprint density at radius 3 is 2.54 bits per heavy atom. The molecule has 1 fully saturated rings. The number of hydrogen-bond acceptors (Lipinski definition) is 5. The Kier molecular flexibility index (Phi) is 5.08. The minimum Gasteiger partial charge on any atom is -0.378 e. The topological polar surface area (TPSA) is 67.6 Å². The van der Waals surface area contributed by atoms with Gasteiger partial charge in [0.2, 0.25) is 5.88 Å². The van der Waals surface area contributed by atoms with Gasteiger partial charge in [-0.2, -0.15) is 0 Å². The van der Waals surface area contributed by atoms with Crippen molar-refractivity contribution >= 4 is 17.5 Å². The van der Waals surface area contributed by atoms with Crippen LogP contribution in [0, 0.1) is 12.7 Å². The number of nitrogens with zero attached hydrogens (tertiary/aromatic N) is 2. The van der Waals surface area contributed by atoms with Crippen LogP contribution in [0.15, 0.2) is 53.1 Å². The van der Waals surface area contributed by atoms with Crippen LogP contribution in [0.2, 0.25) is 0 Å². The van der Waals surface area contributed by atoms with Gasteiger partial charge in [-0.05, 0) is 31.2 Å². The predicted octanol–water partition coefficient (Wildman–Crippen LogP) is 3.88. The third-order valence-corrected chi connectivity index (χ3v) is 4.64. The Hall–Kier alpha value is -3.19. The number of benzene rings is 2. The third kappa shape index (κ3) is 3.61. The van der Waals surface area contributed by atoms with Crippen molar-refractivity contribution in [2.24, 2.45) is 0 Å². The number of amides is 1. The maximum absolute atomic E-state index is 14.4. The fourth-order valence-corrected chi connectivity index (χ4v) is 3.14. The molecule has 0 unspecified atom stereocenters. The van der Waals surface area contributed by atoms with Crippen molar-refractivity contribution in [2.45, 2.75) is 6.92 Å². The van der Waals surface area contributed by atoms with E-state index < -0.39 is 11.7 Å². The average molecular weight is 381 g/mol. The molecule has 1 saturated heterocycles. The molecule has 2 heterocycles. The van der Waals surface area contributed by atoms with Crippen LogP contribution in [0.5, 0.6) is 0 Å². The molecule has 0 spiro atoms. The molecule has 1 aliphatic heterocycles. The molecule has 0 radical (unpaired) electrons. The highest BCUT2D eigenvalue weighted by atomic mass is 19.1. The summed E-state index contributed by atoms with van der Waals surface area (Å²) >= 11 is 0. The molecule has 0 atom stereocenters. The summed E-state index contributed by atoms with van der Waals surface area (Å²) in [6.07, 6.45) is 0. The quantitative estimate of drug-likeness (QED) is 0.743. The van der Waals surface area contributed by atoms with E-state index in [1.807, 2.05) is 36.1 Å². The van der Waals surface area contributed by atoms with E-state index in [2.05, 4.69) is 10.5 Å². The number of hydrogen-bond donors (Lipinski definition) is 1. The van der Waals surface area contributed by atoms with E-state index in [1.165, 1.54) is 6.07 Å². The SMILES string of the molecule is Cc1ccc(NC(=O)c2c(-c3ccccc3F)noc2N2CCOCC2)cc1. The van der Waals surface area contributed by atoms with E-state index in [1.54, 1.807) is 18.2 Å². The number of halogens is 1. The number of carbonyl (C=O) groups is 1. The average Bonchev–Trinajstić information content (AvgIpc) is 3.16. The second kappa shape index (κ2) is 7.82. The molecule has 6 nitrogen and oxygen atoms in total. The number of aryl methyl sites for hydroxylation is 1. The molecule has 1 amide bonds. The number of carbonyl (C=O) groups excluding carboxylic acids is 1. The van der Waals surface area contributed by atoms with Gasteiger partial charge in [0.05, 0.1) is 13.2 Å². The summed E-state index contributed by atoms with van der Waals surface area (Å²) in [5, 5.41) is 6.90. The minimum atomic E-state index is -0.464. The molecule has 7 heteroatoms. The van der Waals surface area contributed by atoms with Gasteiger partial charge in [-0.25, -0.2) is 4.39 Å². The first-order valence-corrected chi connectivity index (χ1v) is 9.09. The van der Waals surface area contributed by atoms with E-state index in [9.17, 15) is 9.18 Å². The normalized spacial score (nSPS) is 14.1. The van der Waals surface area contributed by atoms with Crippen molar-refractivity contribution in [1.82, 2.24) is 5.16 Å². The number of anilines is 2. The second-order valence-corrected chi connectivity index (χ2v) is 6.61. The number of nitrogens with one attached hydrogen (secondary N) is 1. The highest BCUT2D eigenvalue weighted by molar-refractivity contribution is 6.11. The summed E-state index contributed by atoms with van der Waals surface area (Å²) in [5.41, 5.74) is 2.35. The van der Waals surface area contributed by atoms with Gasteiger partial charge in [-0.1, -0.05) is 35.0 Å². The number of aromatic nitrogens is 1. The molecule has 1 N–H and O–H groups in total. The first-order chi connectivity index (χ1) is 13.6. The largest absolute Gasteiger partial charge is 0.378 e. The highest BCUT2D eigenvalue weighted by Crippen LogP contribution is 2.33. The van der Waals surface area contributed by atoms with Crippen LogP contribution in [0.4, 0.5) is 16.0 Å². The predicted molar refractivity (Wildman–Crippen MR) is 104 cm³/mol. The van der Waals surface area contributed by atoms with E-state index in [-0.39, 0.29) is 16.8 Å². The summed E-state index contributed by atoms with van der Waals surface area (Å²) in [5.74, 6) is -0.537. The van der Waals surface area contributed by atoms with Crippen LogP contribution in [0.25, 0.3) is 11.3 Å². The molecule has 1 aromatic heterocycles. The lowest BCUT2D eigenvalue weighted by molar-refractivity contribution is 0.102. The van der Waals surface area contributed by atoms with Crippen LogP contribution in [-0.2, 0) is 4.74 Å². The molecule has 1 aliphatic rings. The van der Waals surface area contributed by atoms with Crippen molar-refractivity contribution in [3.63, 3.8) is 0 Å². The highest BCUT2D eigenvalue weighted by Gasteiger charge is 2.30. The van der Waals surface area contributed by atoms with Gasteiger partial charge in [0.25, 0.3) is 5.91 Å². The second-order valence-electron chi connectivity index (χ2n) is 6.61. The lowest BCUT2D eigenvalue weighted by Gasteiger charge is -2.26. The Morgan fingerprint density at radius 1 is 1.11 bits per heavy atom. The lowest BCUT2D eigenvalue weighted by atomic mass is 10.1. The van der Waals surface area contributed by atoms with Gasteiger partial charge in [0.1, 0.15) is 17.1 Å². The summed E-state index contributed by atoms with van der Waals surface area (Å²) in [6.45, 7) is 4.15. The summed E-state index contributed by atoms with van der Waals surface area (Å²) in [4.78, 5) is 15.0. The molecule has 0 saturated carbocycles. The van der Waals surface area contributed by atoms with Crippen LogP contribution in [0.1, 0.15) is 15.9 Å². The summed E-state index contributed by atoms with van der Waals surface area (Å²) < 4.78 is 25.3. The first kappa shape index (κ1) is 18.2. The number of rotatable bonds is 4. The Bertz CT molecular complexity index is 979. The van der Waals surface area contributed by atoms with Crippen molar-refractivity contribution in [3.05, 3.63) is 65.5 Å². The smallest absolute Gasteiger partial charge is 0.263 e. The Morgan fingerprint density at radius 2 is 1.82 bits per heavy atom. The van der Waals surface area contributed by atoms with Crippen LogP contribution in [0.3, 0.4) is 0 Å². The first-order valence-electron chi connectivity index (χ1n) is 9.09. The lowest BCUT2D eigenvalue weighted by Crippen LogP contribution is -2.37. The van der Waals surface area contributed by atoms with Gasteiger partial charge in [0.15, 0.2) is 0 Å². The summed E-state index contributed by atoms with van der Waals surface area (Å²) in [6, 6.07) is 13.7. The standard InChI is InChI=1S/C21H20FN3O3/c1-14-6-8-15(9-7-14)23-20(26)18-19(16-4-2-3-5-17(16)22)24-28-21(18)25-10-12-27-13-11-25/h2-9H,10-13H2,1H3,(H,23,26). The van der Waals surface area contributed by atoms with Gasteiger partial charge in [-0.15, -0.1) is 0 Å². The van der Waals surface area contributed by atoms with Gasteiger partial charge >= 0.3 is 0 Å². The van der Waals surface area contributed by atoms with E-state index in [0.717, 1.165) is 5.56 Å². The fraction of sp³-hybridized carbons (Fsp3) is 0.238. The fourth-order valence-electron chi connectivity index (χ4n) is 3.14. The maximum Gasteiger partial charge on any atom is 0.263 e. The zero-order valence-electron chi connectivity index (χ0n) is 15.4. The van der Waals surface area contributed by atoms with Crippen LogP contribution in [-0.4, -0.2) is 37.4 Å². The minimum absolute atomic E-state index is 0.184. The molecular weight excluding hydrogens is 361 g/mol. The van der Waals surface area contributed by atoms with Crippen molar-refractivity contribution in [2.75, 3.05) is 36.5 Å². The number of morpholine rings is 1. The van der Waals surface area contributed by atoms with Gasteiger partial charge in [0, 0.05) is 24.3 Å². The van der Waals surface area contributed by atoms with Crippen molar-refractivity contribution < 1.29 is 18.4 Å². The molecule has 144 valence electrons. The van der Waals surface area contributed by atoms with E-state index in [4.69, 9.17) is 9.26 Å². The van der Waals surface area contributed by atoms with E-state index >= 15 is 0 Å². The summed E-state index contributed by atoms with van der Waals surface area (Å²) in [7, 11) is 0. The van der Waals surface area contributed by atoms with Gasteiger partial charge < -0.3 is 19.5 Å². The molecule has 4 rings (SSSR count). The van der Waals surface area contributed by atoms with E-state index in [0.29, 0.717) is 37.9 Å². The van der Waals surface area contributed by atoms with Crippen molar-refractivity contribution in [1.29, 1.82) is 0 Å². The molecular formula is C21H20FN3O3. The van der Waals surface area contributed by atoms with Crippen LogP contribution < -0.4 is 10.2 Å². The molecule has 0 bridgehead atoms. The monoisotopic (exact) mass is 381 g/mol. The number of ether oxygens (including phenoxy) is 1. The molecule has 28 heavy (non-hydrogen) atoms. The molecule has 3 aromatic rings. The van der Waals surface area contributed by atoms with Crippen molar-refractivity contribution in [3.8, 4) is 11.3 Å². The van der Waals surface area contributed by atoms with Gasteiger partial charge in [-0.3, -0.25) is 4.79 Å². The maximum atomic E-state index is 14.4. The Balaban J connectivity index is 1.75. The third-order valence-electron chi connectivity index (χ3n) is 4.64. The van der Waals surface area contributed by atoms with Crippen LogP contribution >= 0.6 is 0 Å².